The normalized spacial score (nSPS) is 11.7. The molecule has 0 aliphatic rings. The van der Waals surface area contributed by atoms with Gasteiger partial charge in [0.15, 0.2) is 5.76 Å². The van der Waals surface area contributed by atoms with Crippen LogP contribution in [0.25, 0.3) is 0 Å². The number of imidazole rings is 1. The number of halogens is 1. The van der Waals surface area contributed by atoms with Gasteiger partial charge in [0.05, 0.1) is 6.26 Å². The molecule has 7 nitrogen and oxygen atoms in total. The van der Waals surface area contributed by atoms with Crippen LogP contribution in [0.15, 0.2) is 77.7 Å². The van der Waals surface area contributed by atoms with Crippen molar-refractivity contribution < 1.29 is 18.4 Å². The first-order valence-electron chi connectivity index (χ1n) is 9.91. The molecule has 162 valence electrons. The number of anilines is 1. The van der Waals surface area contributed by atoms with E-state index in [2.05, 4.69) is 15.6 Å². The monoisotopic (exact) mass is 432 g/mol. The van der Waals surface area contributed by atoms with Crippen molar-refractivity contribution in [1.29, 1.82) is 0 Å². The van der Waals surface area contributed by atoms with Crippen LogP contribution >= 0.6 is 0 Å². The molecule has 0 fully saturated rings. The van der Waals surface area contributed by atoms with E-state index in [-0.39, 0.29) is 5.76 Å². The Morgan fingerprint density at radius 3 is 2.62 bits per heavy atom. The molecule has 0 saturated heterocycles. The van der Waals surface area contributed by atoms with Crippen LogP contribution in [0.5, 0.6) is 0 Å². The standard InChI is InChI=1S/C24H21FN4O3/c1-15-8-9-17(14-19(15)27-24(31)20-7-4-12-32-20)23(30)28-21(22-26-10-11-29(22)2)16-5-3-6-18(25)13-16/h3-14,21H,1-2H3,(H,27,31)(H,28,30). The first-order chi connectivity index (χ1) is 15.4. The number of carbonyl (C=O) groups excluding carboxylic acids is 2. The summed E-state index contributed by atoms with van der Waals surface area (Å²) in [7, 11) is 1.80. The minimum Gasteiger partial charge on any atom is -0.459 e. The quantitative estimate of drug-likeness (QED) is 0.477. The SMILES string of the molecule is Cc1ccc(C(=O)NC(c2cccc(F)c2)c2nccn2C)cc1NC(=O)c1ccco1. The van der Waals surface area contributed by atoms with Gasteiger partial charge >= 0.3 is 0 Å². The fourth-order valence-electron chi connectivity index (χ4n) is 3.34. The van der Waals surface area contributed by atoms with Crippen molar-refractivity contribution in [1.82, 2.24) is 14.9 Å². The zero-order valence-electron chi connectivity index (χ0n) is 17.5. The van der Waals surface area contributed by atoms with E-state index >= 15 is 0 Å². The molecule has 1 atom stereocenters. The third kappa shape index (κ3) is 4.44. The van der Waals surface area contributed by atoms with Crippen molar-refractivity contribution in [2.24, 2.45) is 7.05 Å². The van der Waals surface area contributed by atoms with Crippen LogP contribution in [-0.4, -0.2) is 21.4 Å². The molecule has 2 N–H and O–H groups in total. The summed E-state index contributed by atoms with van der Waals surface area (Å²) in [5.41, 5.74) is 2.16. The molecule has 0 spiro atoms. The predicted octanol–water partition coefficient (Wildman–Crippen LogP) is 4.23. The molecule has 32 heavy (non-hydrogen) atoms. The van der Waals surface area contributed by atoms with E-state index < -0.39 is 23.7 Å². The number of amides is 2. The molecule has 2 aromatic carbocycles. The summed E-state index contributed by atoms with van der Waals surface area (Å²) in [5.74, 6) is -0.492. The maximum atomic E-state index is 13.9. The number of aryl methyl sites for hydroxylation is 2. The van der Waals surface area contributed by atoms with E-state index in [1.807, 2.05) is 6.92 Å². The molecule has 0 saturated carbocycles. The fourth-order valence-corrected chi connectivity index (χ4v) is 3.34. The van der Waals surface area contributed by atoms with Gasteiger partial charge in [0, 0.05) is 30.7 Å². The summed E-state index contributed by atoms with van der Waals surface area (Å²) in [5, 5.41) is 5.69. The average Bonchev–Trinajstić information content (AvgIpc) is 3.45. The lowest BCUT2D eigenvalue weighted by molar-refractivity contribution is 0.0939. The van der Waals surface area contributed by atoms with Crippen LogP contribution in [0.1, 0.15) is 43.9 Å². The van der Waals surface area contributed by atoms with Gasteiger partial charge in [-0.25, -0.2) is 9.37 Å². The first kappa shape index (κ1) is 21.0. The van der Waals surface area contributed by atoms with Crippen LogP contribution in [-0.2, 0) is 7.05 Å². The maximum Gasteiger partial charge on any atom is 0.291 e. The summed E-state index contributed by atoms with van der Waals surface area (Å²) in [6.07, 6.45) is 4.78. The van der Waals surface area contributed by atoms with Crippen molar-refractivity contribution in [3.8, 4) is 0 Å². The van der Waals surface area contributed by atoms with Crippen LogP contribution in [0.2, 0.25) is 0 Å². The second-order valence-corrected chi connectivity index (χ2v) is 7.32. The molecule has 0 aliphatic carbocycles. The topological polar surface area (TPSA) is 89.2 Å². The van der Waals surface area contributed by atoms with Gasteiger partial charge in [0.2, 0.25) is 0 Å². The van der Waals surface area contributed by atoms with Crippen LogP contribution in [0.3, 0.4) is 0 Å². The number of rotatable bonds is 6. The molecular formula is C24H21FN4O3. The molecule has 4 rings (SSSR count). The summed E-state index contributed by atoms with van der Waals surface area (Å²) < 4.78 is 20.8. The summed E-state index contributed by atoms with van der Waals surface area (Å²) >= 11 is 0. The maximum absolute atomic E-state index is 13.9. The lowest BCUT2D eigenvalue weighted by atomic mass is 10.0. The predicted molar refractivity (Wildman–Crippen MR) is 117 cm³/mol. The van der Waals surface area contributed by atoms with Crippen LogP contribution in [0, 0.1) is 12.7 Å². The molecular weight excluding hydrogens is 411 g/mol. The van der Waals surface area contributed by atoms with E-state index in [0.717, 1.165) is 5.56 Å². The minimum absolute atomic E-state index is 0.167. The number of aromatic nitrogens is 2. The molecule has 2 heterocycles. The Morgan fingerprint density at radius 2 is 1.94 bits per heavy atom. The Labute approximate surface area is 183 Å². The van der Waals surface area contributed by atoms with Gasteiger partial charge in [-0.05, 0) is 54.4 Å². The van der Waals surface area contributed by atoms with E-state index in [4.69, 9.17) is 4.42 Å². The zero-order chi connectivity index (χ0) is 22.7. The minimum atomic E-state index is -0.666. The van der Waals surface area contributed by atoms with Crippen molar-refractivity contribution in [2.75, 3.05) is 5.32 Å². The second kappa shape index (κ2) is 8.89. The molecule has 8 heteroatoms. The lowest BCUT2D eigenvalue weighted by Gasteiger charge is -2.20. The highest BCUT2D eigenvalue weighted by Crippen LogP contribution is 2.23. The third-order valence-corrected chi connectivity index (χ3v) is 5.07. The van der Waals surface area contributed by atoms with E-state index in [1.54, 1.807) is 66.5 Å². The molecule has 0 aliphatic heterocycles. The summed E-state index contributed by atoms with van der Waals surface area (Å²) in [6.45, 7) is 1.82. The van der Waals surface area contributed by atoms with Gasteiger partial charge in [-0.1, -0.05) is 18.2 Å². The Kier molecular flexibility index (Phi) is 5.85. The molecule has 2 amide bonds. The molecule has 1 unspecified atom stereocenters. The van der Waals surface area contributed by atoms with Gasteiger partial charge in [-0.3, -0.25) is 9.59 Å². The third-order valence-electron chi connectivity index (χ3n) is 5.07. The number of nitrogens with zero attached hydrogens (tertiary/aromatic N) is 2. The average molecular weight is 432 g/mol. The highest BCUT2D eigenvalue weighted by Gasteiger charge is 2.22. The first-order valence-corrected chi connectivity index (χ1v) is 9.91. The van der Waals surface area contributed by atoms with E-state index in [9.17, 15) is 14.0 Å². The molecule has 0 radical (unpaired) electrons. The fraction of sp³-hybridized carbons (Fsp3) is 0.125. The van der Waals surface area contributed by atoms with Crippen molar-refractivity contribution >= 4 is 17.5 Å². The number of hydrogen-bond donors (Lipinski definition) is 2. The summed E-state index contributed by atoms with van der Waals surface area (Å²) in [4.78, 5) is 29.8. The zero-order valence-corrected chi connectivity index (χ0v) is 17.5. The van der Waals surface area contributed by atoms with E-state index in [0.29, 0.717) is 22.6 Å². The van der Waals surface area contributed by atoms with Crippen molar-refractivity contribution in [3.63, 3.8) is 0 Å². The van der Waals surface area contributed by atoms with Gasteiger partial charge in [-0.15, -0.1) is 0 Å². The largest absolute Gasteiger partial charge is 0.459 e. The molecule has 4 aromatic rings. The lowest BCUT2D eigenvalue weighted by Crippen LogP contribution is -2.31. The molecule has 0 bridgehead atoms. The number of carbonyl (C=O) groups is 2. The van der Waals surface area contributed by atoms with Gasteiger partial charge in [-0.2, -0.15) is 0 Å². The van der Waals surface area contributed by atoms with Gasteiger partial charge in [0.1, 0.15) is 17.7 Å². The Bertz CT molecular complexity index is 1260. The smallest absolute Gasteiger partial charge is 0.291 e. The number of hydrogen-bond acceptors (Lipinski definition) is 4. The van der Waals surface area contributed by atoms with E-state index in [1.165, 1.54) is 18.4 Å². The van der Waals surface area contributed by atoms with Gasteiger partial charge in [0.25, 0.3) is 11.8 Å². The van der Waals surface area contributed by atoms with Crippen molar-refractivity contribution in [2.45, 2.75) is 13.0 Å². The number of furan rings is 1. The second-order valence-electron chi connectivity index (χ2n) is 7.32. The van der Waals surface area contributed by atoms with Gasteiger partial charge < -0.3 is 19.6 Å². The Morgan fingerprint density at radius 1 is 1.09 bits per heavy atom. The number of benzene rings is 2. The number of nitrogens with one attached hydrogen (secondary N) is 2. The summed E-state index contributed by atoms with van der Waals surface area (Å²) in [6, 6.07) is 13.5. The highest BCUT2D eigenvalue weighted by molar-refractivity contribution is 6.04. The van der Waals surface area contributed by atoms with Crippen molar-refractivity contribution in [3.05, 3.63) is 107 Å². The van der Waals surface area contributed by atoms with Crippen LogP contribution < -0.4 is 10.6 Å². The van der Waals surface area contributed by atoms with Crippen LogP contribution in [0.4, 0.5) is 10.1 Å². The highest BCUT2D eigenvalue weighted by atomic mass is 19.1. The Hall–Kier alpha value is -4.20. The Balaban J connectivity index is 1.61. The molecule has 2 aromatic heterocycles.